The van der Waals surface area contributed by atoms with Crippen molar-refractivity contribution in [3.63, 3.8) is 0 Å². The monoisotopic (exact) mass is 241 g/mol. The van der Waals surface area contributed by atoms with Gasteiger partial charge in [-0.1, -0.05) is 6.07 Å². The number of halogens is 1. The van der Waals surface area contributed by atoms with Gasteiger partial charge < -0.3 is 9.61 Å². The van der Waals surface area contributed by atoms with E-state index in [-0.39, 0.29) is 5.91 Å². The van der Waals surface area contributed by atoms with Gasteiger partial charge in [0, 0.05) is 31.9 Å². The largest absolute Gasteiger partial charge is 0.365 e. The molecular weight excluding hydrogens is 230 g/mol. The zero-order chi connectivity index (χ0) is 11.4. The summed E-state index contributed by atoms with van der Waals surface area (Å²) in [6.07, 6.45) is 1.70. The van der Waals surface area contributed by atoms with E-state index in [1.165, 1.54) is 0 Å². The normalized spacial score (nSPS) is 16.9. The van der Waals surface area contributed by atoms with Crippen LogP contribution < -0.4 is 9.61 Å². The molecule has 1 aromatic heterocycles. The predicted octanol–water partition coefficient (Wildman–Crippen LogP) is 0.546. The van der Waals surface area contributed by atoms with Crippen LogP contribution in [0.4, 0.5) is 0 Å². The maximum Gasteiger partial charge on any atom is 0.236 e. The number of nitrogens with zero attached hydrogens (tertiary/aromatic N) is 2. The summed E-state index contributed by atoms with van der Waals surface area (Å²) in [4.78, 5) is 17.2. The van der Waals surface area contributed by atoms with Gasteiger partial charge in [-0.25, -0.2) is 4.98 Å². The Bertz CT molecular complexity index is 369. The van der Waals surface area contributed by atoms with Crippen molar-refractivity contribution in [2.45, 2.75) is 6.54 Å². The van der Waals surface area contributed by atoms with Crippen molar-refractivity contribution in [1.82, 2.24) is 15.2 Å². The molecule has 1 saturated heterocycles. The highest BCUT2D eigenvalue weighted by Crippen LogP contribution is 2.11. The SMILES string of the molecule is O=C1CN(Cc2ccc(OCl)nc2)CCN1. The van der Waals surface area contributed by atoms with Crippen molar-refractivity contribution in [2.75, 3.05) is 19.6 Å². The molecule has 0 spiro atoms. The van der Waals surface area contributed by atoms with Gasteiger partial charge >= 0.3 is 0 Å². The van der Waals surface area contributed by atoms with Crippen LogP contribution in [-0.4, -0.2) is 35.4 Å². The lowest BCUT2D eigenvalue weighted by Gasteiger charge is -2.26. The summed E-state index contributed by atoms with van der Waals surface area (Å²) in [5.41, 5.74) is 1.03. The minimum atomic E-state index is 0.0694. The number of hydrogen-bond acceptors (Lipinski definition) is 4. The minimum Gasteiger partial charge on any atom is -0.365 e. The quantitative estimate of drug-likeness (QED) is 0.840. The highest BCUT2D eigenvalue weighted by molar-refractivity contribution is 6.08. The Kier molecular flexibility index (Phi) is 3.58. The molecule has 1 aliphatic rings. The van der Waals surface area contributed by atoms with E-state index in [4.69, 9.17) is 11.9 Å². The van der Waals surface area contributed by atoms with Gasteiger partial charge in [0.25, 0.3) is 0 Å². The first kappa shape index (κ1) is 11.2. The highest BCUT2D eigenvalue weighted by Gasteiger charge is 2.15. The Hall–Kier alpha value is -1.33. The standard InChI is InChI=1S/C10H12ClN3O2/c11-16-10-2-1-8(5-13-10)6-14-4-3-12-9(15)7-14/h1-2,5H,3-4,6-7H2,(H,12,15). The molecule has 0 bridgehead atoms. The van der Waals surface area contributed by atoms with E-state index < -0.39 is 0 Å². The number of pyridine rings is 1. The average molecular weight is 242 g/mol. The van der Waals surface area contributed by atoms with Gasteiger partial charge in [0.2, 0.25) is 11.8 Å². The van der Waals surface area contributed by atoms with Crippen LogP contribution in [0.15, 0.2) is 18.3 Å². The fraction of sp³-hybridized carbons (Fsp3) is 0.400. The summed E-state index contributed by atoms with van der Waals surface area (Å²) < 4.78 is 4.46. The van der Waals surface area contributed by atoms with Gasteiger partial charge in [0.1, 0.15) is 11.9 Å². The second-order valence-corrected chi connectivity index (χ2v) is 3.80. The van der Waals surface area contributed by atoms with E-state index in [2.05, 4.69) is 19.5 Å². The summed E-state index contributed by atoms with van der Waals surface area (Å²) >= 11 is 5.16. The average Bonchev–Trinajstić information content (AvgIpc) is 2.30. The summed E-state index contributed by atoms with van der Waals surface area (Å²) in [6.45, 7) is 2.71. The van der Waals surface area contributed by atoms with Gasteiger partial charge in [-0.15, -0.1) is 0 Å². The van der Waals surface area contributed by atoms with E-state index in [0.717, 1.165) is 12.1 Å². The first-order valence-electron chi connectivity index (χ1n) is 5.00. The van der Waals surface area contributed by atoms with Crippen molar-refractivity contribution in [1.29, 1.82) is 0 Å². The number of amides is 1. The summed E-state index contributed by atoms with van der Waals surface area (Å²) in [5.74, 6) is 0.446. The molecule has 1 N–H and O–H groups in total. The zero-order valence-electron chi connectivity index (χ0n) is 8.65. The Balaban J connectivity index is 1.94. The molecule has 1 fully saturated rings. The Labute approximate surface area is 98.5 Å². The van der Waals surface area contributed by atoms with Crippen LogP contribution in [0.2, 0.25) is 0 Å². The summed E-state index contributed by atoms with van der Waals surface area (Å²) in [7, 11) is 0. The van der Waals surface area contributed by atoms with E-state index in [9.17, 15) is 4.79 Å². The number of carbonyl (C=O) groups excluding carboxylic acids is 1. The van der Waals surface area contributed by atoms with Crippen LogP contribution in [0.25, 0.3) is 0 Å². The Morgan fingerprint density at radius 2 is 2.44 bits per heavy atom. The minimum absolute atomic E-state index is 0.0694. The molecular formula is C10H12ClN3O2. The maximum absolute atomic E-state index is 11.2. The third-order valence-electron chi connectivity index (χ3n) is 2.40. The van der Waals surface area contributed by atoms with Crippen LogP contribution in [-0.2, 0) is 11.3 Å². The molecule has 0 radical (unpaired) electrons. The topological polar surface area (TPSA) is 54.5 Å². The lowest BCUT2D eigenvalue weighted by Crippen LogP contribution is -2.47. The molecule has 1 aromatic rings. The summed E-state index contributed by atoms with van der Waals surface area (Å²) in [6, 6.07) is 3.59. The Morgan fingerprint density at radius 1 is 1.56 bits per heavy atom. The number of aromatic nitrogens is 1. The molecule has 0 aliphatic carbocycles. The second kappa shape index (κ2) is 5.14. The number of piperazine rings is 1. The molecule has 6 heteroatoms. The molecule has 0 unspecified atom stereocenters. The molecule has 1 amide bonds. The number of rotatable bonds is 3. The zero-order valence-corrected chi connectivity index (χ0v) is 9.41. The van der Waals surface area contributed by atoms with Gasteiger partial charge in [-0.05, 0) is 5.56 Å². The molecule has 16 heavy (non-hydrogen) atoms. The number of nitrogens with one attached hydrogen (secondary N) is 1. The van der Waals surface area contributed by atoms with Crippen molar-refractivity contribution < 1.29 is 9.08 Å². The molecule has 2 heterocycles. The predicted molar refractivity (Wildman–Crippen MR) is 59.0 cm³/mol. The van der Waals surface area contributed by atoms with Crippen molar-refractivity contribution in [3.8, 4) is 5.88 Å². The van der Waals surface area contributed by atoms with Crippen molar-refractivity contribution in [2.24, 2.45) is 0 Å². The smallest absolute Gasteiger partial charge is 0.236 e. The maximum atomic E-state index is 11.2. The molecule has 0 saturated carbocycles. The first-order valence-corrected chi connectivity index (χ1v) is 5.31. The van der Waals surface area contributed by atoms with Crippen LogP contribution in [0.3, 0.4) is 0 Å². The number of carbonyl (C=O) groups is 1. The van der Waals surface area contributed by atoms with E-state index >= 15 is 0 Å². The molecule has 0 aromatic carbocycles. The van der Waals surface area contributed by atoms with Gasteiger partial charge in [0.05, 0.1) is 6.54 Å². The van der Waals surface area contributed by atoms with Gasteiger partial charge in [0.15, 0.2) is 0 Å². The van der Waals surface area contributed by atoms with E-state index in [1.807, 2.05) is 6.07 Å². The van der Waals surface area contributed by atoms with E-state index in [0.29, 0.717) is 25.5 Å². The summed E-state index contributed by atoms with van der Waals surface area (Å²) in [5, 5.41) is 2.78. The second-order valence-electron chi connectivity index (χ2n) is 3.64. The lowest BCUT2D eigenvalue weighted by molar-refractivity contribution is -0.124. The van der Waals surface area contributed by atoms with Crippen molar-refractivity contribution in [3.05, 3.63) is 23.9 Å². The van der Waals surface area contributed by atoms with Crippen LogP contribution >= 0.6 is 11.9 Å². The van der Waals surface area contributed by atoms with E-state index in [1.54, 1.807) is 12.3 Å². The fourth-order valence-corrected chi connectivity index (χ4v) is 1.73. The lowest BCUT2D eigenvalue weighted by atomic mass is 10.2. The molecule has 2 rings (SSSR count). The van der Waals surface area contributed by atoms with Crippen molar-refractivity contribution >= 4 is 17.8 Å². The molecule has 5 nitrogen and oxygen atoms in total. The van der Waals surface area contributed by atoms with Crippen LogP contribution in [0.5, 0.6) is 5.88 Å². The fourth-order valence-electron chi connectivity index (χ4n) is 1.63. The first-order chi connectivity index (χ1) is 7.78. The highest BCUT2D eigenvalue weighted by atomic mass is 35.5. The molecule has 1 aliphatic heterocycles. The molecule has 0 atom stereocenters. The molecule has 86 valence electrons. The third kappa shape index (κ3) is 2.84. The van der Waals surface area contributed by atoms with Crippen LogP contribution in [0.1, 0.15) is 5.56 Å². The number of hydrogen-bond donors (Lipinski definition) is 1. The third-order valence-corrected chi connectivity index (χ3v) is 2.56. The van der Waals surface area contributed by atoms with Crippen LogP contribution in [0, 0.1) is 0 Å². The van der Waals surface area contributed by atoms with Gasteiger partial charge in [-0.2, -0.15) is 0 Å². The Morgan fingerprint density at radius 3 is 3.06 bits per heavy atom. The van der Waals surface area contributed by atoms with Gasteiger partial charge in [-0.3, -0.25) is 9.69 Å².